The minimum atomic E-state index is 0.0496. The van der Waals surface area contributed by atoms with Crippen LogP contribution < -0.4 is 15.5 Å². The smallest absolute Gasteiger partial charge is 0.223 e. The zero-order valence-electron chi connectivity index (χ0n) is 21.8. The average molecular weight is 504 g/mol. The molecule has 5 rings (SSSR count). The Labute approximate surface area is 218 Å². The van der Waals surface area contributed by atoms with Crippen LogP contribution in [0.5, 0.6) is 0 Å². The molecule has 5 heterocycles. The highest BCUT2D eigenvalue weighted by Gasteiger charge is 2.26. The van der Waals surface area contributed by atoms with Crippen LogP contribution in [-0.2, 0) is 9.53 Å². The molecule has 37 heavy (non-hydrogen) atoms. The van der Waals surface area contributed by atoms with Gasteiger partial charge < -0.3 is 25.2 Å². The summed E-state index contributed by atoms with van der Waals surface area (Å²) in [7, 11) is 4.03. The largest absolute Gasteiger partial charge is 0.381 e. The molecule has 0 atom stereocenters. The number of piperidine rings is 1. The van der Waals surface area contributed by atoms with Crippen molar-refractivity contribution in [1.29, 1.82) is 0 Å². The molecule has 0 spiro atoms. The summed E-state index contributed by atoms with van der Waals surface area (Å²) in [4.78, 5) is 31.1. The summed E-state index contributed by atoms with van der Waals surface area (Å²) < 4.78 is 5.48. The van der Waals surface area contributed by atoms with E-state index in [9.17, 15) is 4.79 Å². The molecule has 0 saturated carbocycles. The fourth-order valence-electron chi connectivity index (χ4n) is 5.09. The third kappa shape index (κ3) is 6.34. The molecule has 9 nitrogen and oxygen atoms in total. The molecule has 0 aromatic carbocycles. The summed E-state index contributed by atoms with van der Waals surface area (Å²) in [5.41, 5.74) is 1.92. The number of hydrogen-bond donors (Lipinski definition) is 2. The second kappa shape index (κ2) is 11.8. The highest BCUT2D eigenvalue weighted by molar-refractivity contribution is 5.94. The molecule has 196 valence electrons. The average Bonchev–Trinajstić information content (AvgIpc) is 2.93. The maximum Gasteiger partial charge on any atom is 0.223 e. The number of nitrogens with zero attached hydrogens (tertiary/aromatic N) is 5. The number of likely N-dealkylation sites (N-methyl/N-ethyl adjacent to an activating group) is 1. The van der Waals surface area contributed by atoms with Gasteiger partial charge in [-0.1, -0.05) is 0 Å². The van der Waals surface area contributed by atoms with E-state index >= 15 is 0 Å². The monoisotopic (exact) mass is 503 g/mol. The van der Waals surface area contributed by atoms with Crippen LogP contribution in [0, 0.1) is 5.92 Å². The molecule has 0 aliphatic carbocycles. The van der Waals surface area contributed by atoms with E-state index in [0.29, 0.717) is 12.6 Å². The van der Waals surface area contributed by atoms with Crippen LogP contribution in [0.25, 0.3) is 22.0 Å². The Hall–Kier alpha value is -3.30. The SMILES string of the molecule is CN(C)CCNC(=O)C1CCN(c2nc(-c3ccnc(NC4CCOCC4)c3)cc3cnccc23)CC1. The quantitative estimate of drug-likeness (QED) is 0.484. The third-order valence-electron chi connectivity index (χ3n) is 7.26. The summed E-state index contributed by atoms with van der Waals surface area (Å²) in [5.74, 6) is 2.03. The molecule has 2 aliphatic heterocycles. The predicted molar refractivity (Wildman–Crippen MR) is 147 cm³/mol. The van der Waals surface area contributed by atoms with Gasteiger partial charge >= 0.3 is 0 Å². The van der Waals surface area contributed by atoms with Crippen molar-refractivity contribution in [1.82, 2.24) is 25.2 Å². The number of ether oxygens (including phenoxy) is 1. The number of carbonyl (C=O) groups is 1. The lowest BCUT2D eigenvalue weighted by Gasteiger charge is -2.33. The molecular weight excluding hydrogens is 466 g/mol. The van der Waals surface area contributed by atoms with Crippen molar-refractivity contribution in [3.63, 3.8) is 0 Å². The zero-order valence-corrected chi connectivity index (χ0v) is 21.8. The first-order chi connectivity index (χ1) is 18.1. The number of fused-ring (bicyclic) bond motifs is 1. The van der Waals surface area contributed by atoms with Crippen LogP contribution in [0.15, 0.2) is 42.9 Å². The third-order valence-corrected chi connectivity index (χ3v) is 7.26. The lowest BCUT2D eigenvalue weighted by molar-refractivity contribution is -0.125. The number of rotatable bonds is 8. The molecule has 2 saturated heterocycles. The van der Waals surface area contributed by atoms with Gasteiger partial charge in [-0.25, -0.2) is 9.97 Å². The number of nitrogens with one attached hydrogen (secondary N) is 2. The van der Waals surface area contributed by atoms with Crippen molar-refractivity contribution >= 4 is 28.3 Å². The number of amides is 1. The molecule has 9 heteroatoms. The molecule has 2 aliphatic rings. The van der Waals surface area contributed by atoms with E-state index in [2.05, 4.69) is 42.5 Å². The van der Waals surface area contributed by atoms with Gasteiger partial charge in [0.15, 0.2) is 0 Å². The van der Waals surface area contributed by atoms with E-state index in [1.165, 1.54) is 0 Å². The molecule has 3 aromatic heterocycles. The Bertz CT molecular complexity index is 1200. The number of pyridine rings is 3. The van der Waals surface area contributed by atoms with Crippen molar-refractivity contribution in [2.45, 2.75) is 31.7 Å². The van der Waals surface area contributed by atoms with Gasteiger partial charge in [-0.15, -0.1) is 0 Å². The highest BCUT2D eigenvalue weighted by atomic mass is 16.5. The Morgan fingerprint density at radius 2 is 1.92 bits per heavy atom. The van der Waals surface area contributed by atoms with Gasteiger partial charge in [0, 0.05) is 86.3 Å². The fourth-order valence-corrected chi connectivity index (χ4v) is 5.09. The lowest BCUT2D eigenvalue weighted by Crippen LogP contribution is -2.42. The van der Waals surface area contributed by atoms with Gasteiger partial charge in [0.05, 0.1) is 5.69 Å². The van der Waals surface area contributed by atoms with Gasteiger partial charge in [-0.2, -0.15) is 0 Å². The van der Waals surface area contributed by atoms with Gasteiger partial charge in [0.2, 0.25) is 5.91 Å². The Morgan fingerprint density at radius 3 is 2.70 bits per heavy atom. The van der Waals surface area contributed by atoms with E-state index in [1.807, 2.05) is 44.8 Å². The minimum absolute atomic E-state index is 0.0496. The maximum absolute atomic E-state index is 12.7. The Morgan fingerprint density at radius 1 is 1.11 bits per heavy atom. The molecule has 0 radical (unpaired) electrons. The maximum atomic E-state index is 12.7. The summed E-state index contributed by atoms with van der Waals surface area (Å²) in [6, 6.07) is 8.60. The standard InChI is InChI=1S/C28H37N7O2/c1-34(2)14-11-31-28(36)20-5-12-35(13-6-20)27-24-4-9-29-19-22(24)17-25(33-27)21-3-10-30-26(18-21)32-23-7-15-37-16-8-23/h3-4,9-10,17-20,23H,5-8,11-16H2,1-2H3,(H,30,32)(H,31,36). The van der Waals surface area contributed by atoms with Gasteiger partial charge in [-0.3, -0.25) is 9.78 Å². The van der Waals surface area contributed by atoms with Crippen molar-refractivity contribution in [3.05, 3.63) is 42.9 Å². The van der Waals surface area contributed by atoms with Gasteiger partial charge in [-0.05, 0) is 64.0 Å². The van der Waals surface area contributed by atoms with Gasteiger partial charge in [0.25, 0.3) is 0 Å². The van der Waals surface area contributed by atoms with E-state index in [0.717, 1.165) is 92.2 Å². The van der Waals surface area contributed by atoms with Crippen LogP contribution in [0.2, 0.25) is 0 Å². The first-order valence-corrected chi connectivity index (χ1v) is 13.3. The van der Waals surface area contributed by atoms with Crippen molar-refractivity contribution in [2.24, 2.45) is 5.92 Å². The van der Waals surface area contributed by atoms with Crippen LogP contribution in [0.4, 0.5) is 11.6 Å². The van der Waals surface area contributed by atoms with Crippen molar-refractivity contribution < 1.29 is 9.53 Å². The predicted octanol–water partition coefficient (Wildman–Crippen LogP) is 3.18. The van der Waals surface area contributed by atoms with Crippen LogP contribution in [0.1, 0.15) is 25.7 Å². The van der Waals surface area contributed by atoms with E-state index < -0.39 is 0 Å². The van der Waals surface area contributed by atoms with Crippen LogP contribution in [-0.4, -0.2) is 85.3 Å². The molecule has 0 bridgehead atoms. The first-order valence-electron chi connectivity index (χ1n) is 13.3. The highest BCUT2D eigenvalue weighted by Crippen LogP contribution is 2.32. The summed E-state index contributed by atoms with van der Waals surface area (Å²) in [6.07, 6.45) is 9.17. The number of aromatic nitrogens is 3. The summed E-state index contributed by atoms with van der Waals surface area (Å²) in [6.45, 7) is 4.70. The Balaban J connectivity index is 1.33. The molecule has 0 unspecified atom stereocenters. The van der Waals surface area contributed by atoms with E-state index in [-0.39, 0.29) is 11.8 Å². The topological polar surface area (TPSA) is 95.5 Å². The molecule has 3 aromatic rings. The number of anilines is 2. The molecule has 2 N–H and O–H groups in total. The number of carbonyl (C=O) groups excluding carboxylic acids is 1. The van der Waals surface area contributed by atoms with Gasteiger partial charge in [0.1, 0.15) is 11.6 Å². The lowest BCUT2D eigenvalue weighted by atomic mass is 9.95. The first kappa shape index (κ1) is 25.4. The van der Waals surface area contributed by atoms with Crippen LogP contribution >= 0.6 is 0 Å². The molecule has 1 amide bonds. The van der Waals surface area contributed by atoms with E-state index in [1.54, 1.807) is 0 Å². The second-order valence-electron chi connectivity index (χ2n) is 10.2. The fraction of sp³-hybridized carbons (Fsp3) is 0.500. The normalized spacial score (nSPS) is 17.3. The Kier molecular flexibility index (Phi) is 8.11. The molecular formula is C28H37N7O2. The summed E-state index contributed by atoms with van der Waals surface area (Å²) in [5, 5.41) is 8.79. The summed E-state index contributed by atoms with van der Waals surface area (Å²) >= 11 is 0. The van der Waals surface area contributed by atoms with E-state index in [4.69, 9.17) is 9.72 Å². The van der Waals surface area contributed by atoms with Crippen molar-refractivity contribution in [3.8, 4) is 11.3 Å². The number of hydrogen-bond acceptors (Lipinski definition) is 8. The zero-order chi connectivity index (χ0) is 25.6. The molecule has 2 fully saturated rings. The van der Waals surface area contributed by atoms with Crippen LogP contribution in [0.3, 0.4) is 0 Å². The second-order valence-corrected chi connectivity index (χ2v) is 10.2. The minimum Gasteiger partial charge on any atom is -0.381 e. The van der Waals surface area contributed by atoms with Crippen molar-refractivity contribution in [2.75, 3.05) is 63.7 Å².